The molecule has 6 nitrogen and oxygen atoms in total. The Bertz CT molecular complexity index is 828. The summed E-state index contributed by atoms with van der Waals surface area (Å²) in [5.41, 5.74) is 6.80. The molecule has 0 spiro atoms. The fourth-order valence-electron chi connectivity index (χ4n) is 1.70. The first-order valence-corrected chi connectivity index (χ1v) is 12.5. The lowest BCUT2D eigenvalue weighted by Crippen LogP contribution is -2.15. The molecule has 27 heavy (non-hydrogen) atoms. The van der Waals surface area contributed by atoms with Gasteiger partial charge in [-0.3, -0.25) is 4.72 Å². The van der Waals surface area contributed by atoms with Crippen LogP contribution in [0.4, 0.5) is 11.4 Å². The molecule has 0 fully saturated rings. The molecule has 0 aliphatic rings. The van der Waals surface area contributed by atoms with E-state index in [-0.39, 0.29) is 11.5 Å². The van der Waals surface area contributed by atoms with Gasteiger partial charge < -0.3 is 5.73 Å². The average molecular weight is 435 g/mol. The number of sulfonamides is 1. The molecule has 3 N–H and O–H groups in total. The zero-order valence-corrected chi connectivity index (χ0v) is 17.9. The average Bonchev–Trinajstić information content (AvgIpc) is 2.56. The van der Waals surface area contributed by atoms with Gasteiger partial charge in [0, 0.05) is 22.1 Å². The first-order valence-electron chi connectivity index (χ1n) is 8.38. The topological polar surface area (TPSA) is 106 Å². The smallest absolute Gasteiger partial charge is 0.232 e. The molecule has 0 saturated carbocycles. The van der Waals surface area contributed by atoms with Gasteiger partial charge in [-0.2, -0.15) is 0 Å². The Balaban J connectivity index is 0.000000410. The van der Waals surface area contributed by atoms with E-state index in [0.717, 1.165) is 5.69 Å². The summed E-state index contributed by atoms with van der Waals surface area (Å²) in [4.78, 5) is 0. The Morgan fingerprint density at radius 1 is 0.815 bits per heavy atom. The van der Waals surface area contributed by atoms with Crippen LogP contribution in [0.2, 0.25) is 0 Å². The molecule has 0 aliphatic heterocycles. The van der Waals surface area contributed by atoms with Gasteiger partial charge in [-0.1, -0.05) is 50.2 Å². The van der Waals surface area contributed by atoms with E-state index in [2.05, 4.69) is 4.72 Å². The van der Waals surface area contributed by atoms with Gasteiger partial charge in [0.2, 0.25) is 19.1 Å². The molecule has 0 saturated heterocycles. The number of hydrogen-bond acceptors (Lipinski definition) is 5. The van der Waals surface area contributed by atoms with E-state index in [1.807, 2.05) is 43.3 Å². The van der Waals surface area contributed by atoms with Crippen LogP contribution in [-0.4, -0.2) is 28.3 Å². The second-order valence-electron chi connectivity index (χ2n) is 5.44. The third-order valence-electron chi connectivity index (χ3n) is 2.77. The number of halogens is 1. The highest BCUT2D eigenvalue weighted by Crippen LogP contribution is 2.08. The van der Waals surface area contributed by atoms with Crippen molar-refractivity contribution in [2.24, 2.45) is 0 Å². The number of anilines is 2. The molecule has 2 aromatic carbocycles. The van der Waals surface area contributed by atoms with Crippen LogP contribution in [-0.2, 0) is 19.1 Å². The molecule has 0 aromatic heterocycles. The molecule has 0 aliphatic carbocycles. The minimum atomic E-state index is -3.20. The molecule has 0 atom stereocenters. The lowest BCUT2D eigenvalue weighted by molar-refractivity contribution is 0.599. The summed E-state index contributed by atoms with van der Waals surface area (Å²) in [6.07, 6.45) is 1.22. The number of nitrogen functional groups attached to an aromatic ring is 1. The number of rotatable bonds is 6. The van der Waals surface area contributed by atoms with E-state index in [1.165, 1.54) is 0 Å². The van der Waals surface area contributed by atoms with Crippen LogP contribution in [0.1, 0.15) is 26.7 Å². The standard InChI is InChI=1S/C9H13NO2S.C6H7N.C3H7ClO2S/c1-2-8-13(11,12)10-9-6-4-3-5-7-9;7-6-4-2-1-3-5-6;1-2-3-7(4,5)6/h3-7,10H,2,8H2,1H3;1-5H,7H2;2-3H2,1H3. The number of nitrogens with one attached hydrogen (secondary N) is 1. The van der Waals surface area contributed by atoms with Gasteiger partial charge in [0.05, 0.1) is 11.5 Å². The van der Waals surface area contributed by atoms with Crippen LogP contribution in [0.3, 0.4) is 0 Å². The third-order valence-corrected chi connectivity index (χ3v) is 5.62. The Hall–Kier alpha value is -1.77. The van der Waals surface area contributed by atoms with E-state index in [0.29, 0.717) is 18.5 Å². The molecule has 2 rings (SSSR count). The maximum atomic E-state index is 11.3. The van der Waals surface area contributed by atoms with Crippen LogP contribution in [0.5, 0.6) is 0 Å². The molecule has 2 aromatic rings. The molecule has 0 unspecified atom stereocenters. The molecule has 0 bridgehead atoms. The Morgan fingerprint density at radius 3 is 1.56 bits per heavy atom. The van der Waals surface area contributed by atoms with Gasteiger partial charge in [-0.15, -0.1) is 0 Å². The Labute approximate surface area is 167 Å². The maximum Gasteiger partial charge on any atom is 0.232 e. The summed E-state index contributed by atoms with van der Waals surface area (Å²) in [6.45, 7) is 3.60. The SMILES string of the molecule is CCCS(=O)(=O)Cl.CCCS(=O)(=O)Nc1ccccc1.Nc1ccccc1. The monoisotopic (exact) mass is 434 g/mol. The van der Waals surface area contributed by atoms with Gasteiger partial charge in [0.15, 0.2) is 0 Å². The predicted octanol–water partition coefficient (Wildman–Crippen LogP) is 4.07. The fraction of sp³-hybridized carbons (Fsp3) is 0.333. The molecule has 0 radical (unpaired) electrons. The first-order chi connectivity index (χ1) is 12.6. The molecular formula is C18H27ClN2O4S2. The van der Waals surface area contributed by atoms with E-state index >= 15 is 0 Å². The van der Waals surface area contributed by atoms with Crippen molar-refractivity contribution in [3.05, 3.63) is 60.7 Å². The molecular weight excluding hydrogens is 408 g/mol. The van der Waals surface area contributed by atoms with Crippen molar-refractivity contribution in [2.75, 3.05) is 22.0 Å². The largest absolute Gasteiger partial charge is 0.399 e. The predicted molar refractivity (Wildman–Crippen MR) is 115 cm³/mol. The number of benzene rings is 2. The summed E-state index contributed by atoms with van der Waals surface area (Å²) in [6, 6.07) is 18.4. The minimum absolute atomic E-state index is 0.0779. The third kappa shape index (κ3) is 16.1. The quantitative estimate of drug-likeness (QED) is 0.526. The van der Waals surface area contributed by atoms with Crippen molar-refractivity contribution in [3.8, 4) is 0 Å². The van der Waals surface area contributed by atoms with Crippen molar-refractivity contribution in [1.82, 2.24) is 0 Å². The first kappa shape index (κ1) is 25.2. The molecule has 9 heteroatoms. The van der Waals surface area contributed by atoms with Gasteiger partial charge in [0.25, 0.3) is 0 Å². The van der Waals surface area contributed by atoms with Crippen molar-refractivity contribution in [1.29, 1.82) is 0 Å². The summed E-state index contributed by atoms with van der Waals surface area (Å²) in [7, 11) is -1.53. The van der Waals surface area contributed by atoms with Crippen LogP contribution < -0.4 is 10.5 Å². The van der Waals surface area contributed by atoms with Crippen LogP contribution in [0.25, 0.3) is 0 Å². The Kier molecular flexibility index (Phi) is 12.5. The second kappa shape index (κ2) is 13.4. The zero-order valence-electron chi connectivity index (χ0n) is 15.5. The van der Waals surface area contributed by atoms with Crippen molar-refractivity contribution in [2.45, 2.75) is 26.7 Å². The minimum Gasteiger partial charge on any atom is -0.399 e. The molecule has 0 amide bonds. The highest BCUT2D eigenvalue weighted by molar-refractivity contribution is 8.13. The van der Waals surface area contributed by atoms with Gasteiger partial charge in [-0.05, 0) is 37.1 Å². The molecule has 0 heterocycles. The summed E-state index contributed by atoms with van der Waals surface area (Å²) < 4.78 is 45.1. The van der Waals surface area contributed by atoms with Crippen molar-refractivity contribution in [3.63, 3.8) is 0 Å². The lowest BCUT2D eigenvalue weighted by Gasteiger charge is -2.05. The van der Waals surface area contributed by atoms with Gasteiger partial charge >= 0.3 is 0 Å². The summed E-state index contributed by atoms with van der Waals surface area (Å²) >= 11 is 0. The van der Waals surface area contributed by atoms with E-state index in [4.69, 9.17) is 16.4 Å². The van der Waals surface area contributed by atoms with Crippen molar-refractivity contribution < 1.29 is 16.8 Å². The second-order valence-corrected chi connectivity index (χ2v) is 10.2. The highest BCUT2D eigenvalue weighted by atomic mass is 35.7. The van der Waals surface area contributed by atoms with E-state index in [1.54, 1.807) is 31.2 Å². The van der Waals surface area contributed by atoms with Crippen LogP contribution >= 0.6 is 10.7 Å². The number of hydrogen-bond donors (Lipinski definition) is 2. The maximum absolute atomic E-state index is 11.3. The number of nitrogens with two attached hydrogens (primary N) is 1. The van der Waals surface area contributed by atoms with Crippen molar-refractivity contribution >= 4 is 41.1 Å². The lowest BCUT2D eigenvalue weighted by atomic mass is 10.3. The van der Waals surface area contributed by atoms with E-state index in [9.17, 15) is 16.8 Å². The number of para-hydroxylation sites is 2. The van der Waals surface area contributed by atoms with E-state index < -0.39 is 19.1 Å². The van der Waals surface area contributed by atoms with Gasteiger partial charge in [-0.25, -0.2) is 16.8 Å². The Morgan fingerprint density at radius 2 is 1.26 bits per heavy atom. The zero-order chi connectivity index (χ0) is 20.8. The van der Waals surface area contributed by atoms with Gasteiger partial charge in [0.1, 0.15) is 0 Å². The van der Waals surface area contributed by atoms with Crippen LogP contribution in [0.15, 0.2) is 60.7 Å². The normalized spacial score (nSPS) is 10.6. The molecule has 152 valence electrons. The highest BCUT2D eigenvalue weighted by Gasteiger charge is 2.07. The fourth-order valence-corrected chi connectivity index (χ4v) is 3.79. The summed E-state index contributed by atoms with van der Waals surface area (Å²) in [5, 5.41) is 0. The van der Waals surface area contributed by atoms with Crippen LogP contribution in [0, 0.1) is 0 Å². The summed E-state index contributed by atoms with van der Waals surface area (Å²) in [5.74, 6) is 0.246.